The van der Waals surface area contributed by atoms with Gasteiger partial charge in [-0.15, -0.1) is 11.8 Å². The van der Waals surface area contributed by atoms with Gasteiger partial charge in [0.1, 0.15) is 0 Å². The molecule has 0 bridgehead atoms. The number of nitrogens with one attached hydrogen (secondary N) is 2. The molecule has 6 heteroatoms. The quantitative estimate of drug-likeness (QED) is 0.321. The Morgan fingerprint density at radius 1 is 1.20 bits per heavy atom. The fraction of sp³-hybridized carbons (Fsp3) is 0.632. The Morgan fingerprint density at radius 2 is 1.92 bits per heavy atom. The van der Waals surface area contributed by atoms with Gasteiger partial charge < -0.3 is 20.3 Å². The highest BCUT2D eigenvalue weighted by Gasteiger charge is 2.34. The fourth-order valence-corrected chi connectivity index (χ4v) is 3.71. The number of nitrogens with zero attached hydrogens (tertiary/aromatic N) is 2. The maximum Gasteiger partial charge on any atom is 0.191 e. The van der Waals surface area contributed by atoms with Gasteiger partial charge >= 0.3 is 0 Å². The van der Waals surface area contributed by atoms with Crippen LogP contribution >= 0.6 is 11.8 Å². The molecule has 1 heterocycles. The van der Waals surface area contributed by atoms with Gasteiger partial charge in [0.2, 0.25) is 0 Å². The van der Waals surface area contributed by atoms with E-state index in [1.807, 2.05) is 11.8 Å². The Balaban J connectivity index is 1.84. The average Bonchev–Trinajstić information content (AvgIpc) is 2.64. The molecular weight excluding hydrogens is 332 g/mol. The van der Waals surface area contributed by atoms with Crippen molar-refractivity contribution in [3.05, 3.63) is 30.3 Å². The highest BCUT2D eigenvalue weighted by molar-refractivity contribution is 7.99. The molecule has 1 aliphatic rings. The normalized spacial score (nSPS) is 17.5. The Labute approximate surface area is 156 Å². The standard InChI is InChI=1S/C19H32N4OS/c1-4-20-18(21-12-15-25-17-8-6-5-7-9-17)22-16-19(23(2)3)10-13-24-14-11-19/h5-9H,4,10-16H2,1-3H3,(H2,20,21,22). The first-order valence-electron chi connectivity index (χ1n) is 9.11. The molecule has 25 heavy (non-hydrogen) atoms. The lowest BCUT2D eigenvalue weighted by Crippen LogP contribution is -2.51. The van der Waals surface area contributed by atoms with Crippen LogP contribution in [0.25, 0.3) is 0 Å². The molecule has 0 radical (unpaired) electrons. The maximum atomic E-state index is 5.54. The molecule has 1 aromatic rings. The predicted molar refractivity (Wildman–Crippen MR) is 108 cm³/mol. The first-order chi connectivity index (χ1) is 12.2. The minimum absolute atomic E-state index is 0.111. The Morgan fingerprint density at radius 3 is 2.56 bits per heavy atom. The number of rotatable bonds is 8. The minimum Gasteiger partial charge on any atom is -0.381 e. The third-order valence-corrected chi connectivity index (χ3v) is 5.67. The molecule has 1 aromatic carbocycles. The summed E-state index contributed by atoms with van der Waals surface area (Å²) in [5, 5.41) is 6.81. The molecule has 5 nitrogen and oxygen atoms in total. The van der Waals surface area contributed by atoms with Crippen LogP contribution in [0.1, 0.15) is 19.8 Å². The van der Waals surface area contributed by atoms with Crippen molar-refractivity contribution in [3.8, 4) is 0 Å². The molecule has 0 aromatic heterocycles. The maximum absolute atomic E-state index is 5.54. The zero-order valence-corrected chi connectivity index (χ0v) is 16.6. The molecule has 0 spiro atoms. The van der Waals surface area contributed by atoms with E-state index >= 15 is 0 Å². The monoisotopic (exact) mass is 364 g/mol. The molecular formula is C19H32N4OS. The molecule has 140 valence electrons. The number of benzene rings is 1. The van der Waals surface area contributed by atoms with E-state index in [0.717, 1.165) is 57.4 Å². The number of hydrogen-bond acceptors (Lipinski definition) is 4. The number of guanidine groups is 1. The molecule has 0 atom stereocenters. The van der Waals surface area contributed by atoms with Gasteiger partial charge in [-0.2, -0.15) is 0 Å². The van der Waals surface area contributed by atoms with Gasteiger partial charge in [0.25, 0.3) is 0 Å². The Bertz CT molecular complexity index is 515. The van der Waals surface area contributed by atoms with Crippen LogP contribution in [0.2, 0.25) is 0 Å². The Kier molecular flexibility index (Phi) is 8.58. The second kappa shape index (κ2) is 10.7. The Hall–Kier alpha value is -1.24. The van der Waals surface area contributed by atoms with Crippen LogP contribution in [0.4, 0.5) is 0 Å². The summed E-state index contributed by atoms with van der Waals surface area (Å²) in [6.07, 6.45) is 2.07. The van der Waals surface area contributed by atoms with Crippen molar-refractivity contribution < 1.29 is 4.74 Å². The van der Waals surface area contributed by atoms with E-state index in [1.54, 1.807) is 0 Å². The zero-order chi connectivity index (χ0) is 18.0. The van der Waals surface area contributed by atoms with Crippen molar-refractivity contribution in [3.63, 3.8) is 0 Å². The average molecular weight is 365 g/mol. The molecule has 0 amide bonds. The summed E-state index contributed by atoms with van der Waals surface area (Å²) in [5.41, 5.74) is 0.111. The zero-order valence-electron chi connectivity index (χ0n) is 15.8. The summed E-state index contributed by atoms with van der Waals surface area (Å²) in [6, 6.07) is 10.5. The first kappa shape index (κ1) is 20.1. The number of hydrogen-bond donors (Lipinski definition) is 2. The van der Waals surface area contributed by atoms with E-state index in [4.69, 9.17) is 9.73 Å². The smallest absolute Gasteiger partial charge is 0.191 e. The summed E-state index contributed by atoms with van der Waals surface area (Å²) in [7, 11) is 4.30. The molecule has 2 rings (SSSR count). The van der Waals surface area contributed by atoms with Crippen molar-refractivity contribution in [1.29, 1.82) is 0 Å². The van der Waals surface area contributed by atoms with Gasteiger partial charge in [0.05, 0.1) is 6.54 Å². The molecule has 1 fully saturated rings. The van der Waals surface area contributed by atoms with Crippen molar-refractivity contribution in [1.82, 2.24) is 15.5 Å². The number of aliphatic imine (C=N–C) groups is 1. The first-order valence-corrected chi connectivity index (χ1v) is 10.1. The molecule has 0 unspecified atom stereocenters. The topological polar surface area (TPSA) is 48.9 Å². The molecule has 0 aliphatic carbocycles. The fourth-order valence-electron chi connectivity index (χ4n) is 2.92. The van der Waals surface area contributed by atoms with Crippen molar-refractivity contribution in [2.75, 3.05) is 52.7 Å². The second-order valence-corrected chi connectivity index (χ2v) is 7.68. The van der Waals surface area contributed by atoms with Crippen LogP contribution in [0.3, 0.4) is 0 Å². The van der Waals surface area contributed by atoms with Crippen LogP contribution in [0.15, 0.2) is 40.2 Å². The highest BCUT2D eigenvalue weighted by atomic mass is 32.2. The van der Waals surface area contributed by atoms with Gasteiger partial charge in [-0.05, 0) is 46.0 Å². The van der Waals surface area contributed by atoms with Crippen molar-refractivity contribution >= 4 is 17.7 Å². The summed E-state index contributed by atoms with van der Waals surface area (Å²) < 4.78 is 5.54. The third-order valence-electron chi connectivity index (χ3n) is 4.65. The van der Waals surface area contributed by atoms with E-state index in [9.17, 15) is 0 Å². The minimum atomic E-state index is 0.111. The predicted octanol–water partition coefficient (Wildman–Crippen LogP) is 2.44. The van der Waals surface area contributed by atoms with Gasteiger partial charge in [0, 0.05) is 42.5 Å². The lowest BCUT2D eigenvalue weighted by atomic mass is 9.89. The summed E-state index contributed by atoms with van der Waals surface area (Å²) in [5.74, 6) is 1.92. The largest absolute Gasteiger partial charge is 0.381 e. The number of likely N-dealkylation sites (N-methyl/N-ethyl adjacent to an activating group) is 1. The van der Waals surface area contributed by atoms with Crippen LogP contribution in [-0.2, 0) is 4.74 Å². The van der Waals surface area contributed by atoms with E-state index in [-0.39, 0.29) is 5.54 Å². The van der Waals surface area contributed by atoms with Crippen LogP contribution in [0, 0.1) is 0 Å². The summed E-state index contributed by atoms with van der Waals surface area (Å²) in [4.78, 5) is 8.48. The molecule has 1 saturated heterocycles. The van der Waals surface area contributed by atoms with Gasteiger partial charge in [-0.25, -0.2) is 0 Å². The van der Waals surface area contributed by atoms with Crippen LogP contribution < -0.4 is 10.6 Å². The number of thioether (sulfide) groups is 1. The van der Waals surface area contributed by atoms with Gasteiger partial charge in [-0.3, -0.25) is 4.99 Å². The molecule has 2 N–H and O–H groups in total. The lowest BCUT2D eigenvalue weighted by Gasteiger charge is -2.41. The van der Waals surface area contributed by atoms with Crippen molar-refractivity contribution in [2.24, 2.45) is 4.99 Å². The third kappa shape index (κ3) is 6.53. The van der Waals surface area contributed by atoms with Gasteiger partial charge in [0.15, 0.2) is 5.96 Å². The summed E-state index contributed by atoms with van der Waals surface area (Å²) in [6.45, 7) is 6.31. The van der Waals surface area contributed by atoms with E-state index < -0.39 is 0 Å². The number of ether oxygens (including phenoxy) is 1. The SMILES string of the molecule is CCNC(=NCC1(N(C)C)CCOCC1)NCCSc1ccccc1. The molecule has 0 saturated carbocycles. The molecule has 1 aliphatic heterocycles. The lowest BCUT2D eigenvalue weighted by molar-refractivity contribution is -0.00254. The second-order valence-electron chi connectivity index (χ2n) is 6.51. The van der Waals surface area contributed by atoms with E-state index in [0.29, 0.717) is 0 Å². The van der Waals surface area contributed by atoms with Crippen LogP contribution in [-0.4, -0.2) is 69.1 Å². The van der Waals surface area contributed by atoms with Gasteiger partial charge in [-0.1, -0.05) is 18.2 Å². The van der Waals surface area contributed by atoms with E-state index in [1.165, 1.54) is 4.90 Å². The van der Waals surface area contributed by atoms with E-state index in [2.05, 4.69) is 66.9 Å². The van der Waals surface area contributed by atoms with Crippen molar-refractivity contribution in [2.45, 2.75) is 30.2 Å². The van der Waals surface area contributed by atoms with Crippen LogP contribution in [0.5, 0.6) is 0 Å². The highest BCUT2D eigenvalue weighted by Crippen LogP contribution is 2.26. The summed E-state index contributed by atoms with van der Waals surface area (Å²) >= 11 is 1.86.